The molecule has 320 valence electrons. The van der Waals surface area contributed by atoms with E-state index in [1.807, 2.05) is 63.2 Å². The van der Waals surface area contributed by atoms with Crippen molar-refractivity contribution >= 4 is 52.9 Å². The third kappa shape index (κ3) is 10.7. The number of esters is 1. The predicted molar refractivity (Wildman–Crippen MR) is 222 cm³/mol. The highest BCUT2D eigenvalue weighted by atomic mass is 16.5. The highest BCUT2D eigenvalue weighted by Crippen LogP contribution is 2.28. The molecule has 3 heterocycles. The van der Waals surface area contributed by atoms with Gasteiger partial charge in [0.2, 0.25) is 29.5 Å². The molecule has 3 aliphatic rings. The van der Waals surface area contributed by atoms with Crippen molar-refractivity contribution in [3.05, 3.63) is 60.2 Å². The minimum atomic E-state index is -1.48. The number of benzene rings is 2. The van der Waals surface area contributed by atoms with Gasteiger partial charge in [-0.05, 0) is 81.7 Å². The zero-order valence-electron chi connectivity index (χ0n) is 35.2. The number of nitrogens with zero attached hydrogens (tertiary/aromatic N) is 4. The third-order valence-electron chi connectivity index (χ3n) is 11.3. The molecule has 2 aromatic carbocycles. The molecule has 0 aromatic heterocycles. The largest absolute Gasteiger partial charge is 0.458 e. The molecule has 16 heteroatoms. The van der Waals surface area contributed by atoms with Crippen molar-refractivity contribution in [3.63, 3.8) is 0 Å². The summed E-state index contributed by atoms with van der Waals surface area (Å²) in [5.41, 5.74) is 2.16. The molecule has 16 nitrogen and oxygen atoms in total. The molecule has 59 heavy (non-hydrogen) atoms. The predicted octanol–water partition coefficient (Wildman–Crippen LogP) is 2.67. The summed E-state index contributed by atoms with van der Waals surface area (Å²) in [6.07, 6.45) is 0.683. The number of hydrogen-bond acceptors (Lipinski definition) is 9. The van der Waals surface area contributed by atoms with Crippen LogP contribution < -0.4 is 26.2 Å². The summed E-state index contributed by atoms with van der Waals surface area (Å²) in [6, 6.07) is 9.00. The van der Waals surface area contributed by atoms with E-state index in [1.165, 1.54) is 21.6 Å². The number of urea groups is 1. The minimum Gasteiger partial charge on any atom is -0.458 e. The summed E-state index contributed by atoms with van der Waals surface area (Å²) in [7, 11) is 3.80. The van der Waals surface area contributed by atoms with Crippen LogP contribution in [0.4, 0.5) is 16.2 Å². The fourth-order valence-electron chi connectivity index (χ4n) is 8.19. The average molecular weight is 817 g/mol. The van der Waals surface area contributed by atoms with Crippen LogP contribution in [0.3, 0.4) is 0 Å². The van der Waals surface area contributed by atoms with E-state index in [2.05, 4.69) is 21.3 Å². The van der Waals surface area contributed by atoms with Crippen LogP contribution >= 0.6 is 0 Å². The van der Waals surface area contributed by atoms with Crippen molar-refractivity contribution in [2.24, 2.45) is 5.92 Å². The number of carbonyl (C=O) groups is 7. The Balaban J connectivity index is 1.49. The number of nitrogens with one attached hydrogen (secondary N) is 4. The number of ether oxygens (including phenoxy) is 1. The smallest absolute Gasteiger partial charge is 0.329 e. The molecule has 3 saturated heterocycles. The Bertz CT molecular complexity index is 1840. The van der Waals surface area contributed by atoms with Gasteiger partial charge in [-0.3, -0.25) is 24.0 Å². The Morgan fingerprint density at radius 3 is 2.24 bits per heavy atom. The molecule has 2 aromatic rings. The van der Waals surface area contributed by atoms with Gasteiger partial charge in [0.15, 0.2) is 0 Å². The maximum absolute atomic E-state index is 14.8. The summed E-state index contributed by atoms with van der Waals surface area (Å²) in [5.74, 6) is -3.61. The second kappa shape index (κ2) is 19.9. The lowest BCUT2D eigenvalue weighted by molar-refractivity contribution is -0.163. The van der Waals surface area contributed by atoms with Gasteiger partial charge < -0.3 is 45.6 Å². The highest BCUT2D eigenvalue weighted by Gasteiger charge is 2.47. The number of rotatable bonds is 10. The van der Waals surface area contributed by atoms with Gasteiger partial charge in [-0.2, -0.15) is 0 Å². The van der Waals surface area contributed by atoms with Gasteiger partial charge in [0.05, 0.1) is 0 Å². The van der Waals surface area contributed by atoms with Crippen LogP contribution in [0.5, 0.6) is 0 Å². The monoisotopic (exact) mass is 816 g/mol. The Kier molecular flexibility index (Phi) is 15.0. The van der Waals surface area contributed by atoms with Crippen molar-refractivity contribution in [2.75, 3.05) is 43.9 Å². The van der Waals surface area contributed by atoms with Gasteiger partial charge in [0, 0.05) is 51.5 Å². The van der Waals surface area contributed by atoms with Crippen LogP contribution in [-0.4, -0.2) is 132 Å². The van der Waals surface area contributed by atoms with E-state index >= 15 is 0 Å². The van der Waals surface area contributed by atoms with Crippen LogP contribution in [0, 0.1) is 5.92 Å². The van der Waals surface area contributed by atoms with Crippen molar-refractivity contribution in [3.8, 4) is 0 Å². The number of hydrogen-bond donors (Lipinski definition) is 4. The lowest BCUT2D eigenvalue weighted by Gasteiger charge is -2.37. The lowest BCUT2D eigenvalue weighted by Crippen LogP contribution is -2.62. The second-order valence-corrected chi connectivity index (χ2v) is 16.1. The molecule has 3 fully saturated rings. The molecule has 0 radical (unpaired) electrons. The van der Waals surface area contributed by atoms with Crippen LogP contribution in [0.25, 0.3) is 0 Å². The van der Waals surface area contributed by atoms with E-state index in [0.717, 1.165) is 11.3 Å². The molecular weight excluding hydrogens is 757 g/mol. The van der Waals surface area contributed by atoms with Crippen LogP contribution in [0.15, 0.2) is 54.6 Å². The molecule has 5 rings (SSSR count). The quantitative estimate of drug-likeness (QED) is 0.262. The fraction of sp³-hybridized carbons (Fsp3) is 0.558. The lowest BCUT2D eigenvalue weighted by atomic mass is 10.0. The Labute approximate surface area is 346 Å². The Morgan fingerprint density at radius 1 is 0.898 bits per heavy atom. The van der Waals surface area contributed by atoms with Gasteiger partial charge in [-0.15, -0.1) is 0 Å². The third-order valence-corrected chi connectivity index (χ3v) is 11.3. The molecule has 0 bridgehead atoms. The first-order valence-corrected chi connectivity index (χ1v) is 20.7. The standard InChI is InChI=1S/C43H60N8O8/c1-8-21-49-33(9-2)38(53)44-27(4)39(54)51-25-26(3)23-35(51)42(57)59-28(5)36(41(56)50-22-13-16-34(50)40(49)55)47-37(52)32(24-29-14-11-10-12-15-29)46-43(58)45-30-17-19-31(20-18-30)48(6)7/h10-12,14-15,17-20,26-28,32-36H,8-9,13,16,21-25H2,1-7H3,(H,44,53)(H,47,52)(H2,45,46,58)/t26-,27+,28+,32+,33+,34+,35+,36+/m1/s1. The molecular formula is C43H60N8O8. The zero-order chi connectivity index (χ0) is 43.0. The minimum absolute atomic E-state index is 0.0568. The first kappa shape index (κ1) is 44.4. The summed E-state index contributed by atoms with van der Waals surface area (Å²) >= 11 is 0. The van der Waals surface area contributed by atoms with E-state index in [-0.39, 0.29) is 38.4 Å². The Hall–Kier alpha value is -5.67. The molecule has 3 aliphatic heterocycles. The van der Waals surface area contributed by atoms with Crippen LogP contribution in [0.1, 0.15) is 72.3 Å². The van der Waals surface area contributed by atoms with Gasteiger partial charge in [0.25, 0.3) is 0 Å². The van der Waals surface area contributed by atoms with E-state index in [4.69, 9.17) is 4.74 Å². The number of anilines is 2. The van der Waals surface area contributed by atoms with E-state index in [0.29, 0.717) is 31.4 Å². The molecule has 4 N–H and O–H groups in total. The van der Waals surface area contributed by atoms with Crippen molar-refractivity contribution < 1.29 is 38.3 Å². The Morgan fingerprint density at radius 2 is 1.59 bits per heavy atom. The first-order valence-electron chi connectivity index (χ1n) is 20.7. The molecule has 0 unspecified atom stereocenters. The maximum atomic E-state index is 14.8. The van der Waals surface area contributed by atoms with E-state index in [9.17, 15) is 33.6 Å². The number of carbonyl (C=O) groups excluding carboxylic acids is 7. The van der Waals surface area contributed by atoms with Crippen LogP contribution in [-0.2, 0) is 39.9 Å². The van der Waals surface area contributed by atoms with Gasteiger partial charge >= 0.3 is 12.0 Å². The van der Waals surface area contributed by atoms with Crippen molar-refractivity contribution in [2.45, 2.75) is 115 Å². The number of fused-ring (bicyclic) bond motifs is 2. The molecule has 0 saturated carbocycles. The first-order chi connectivity index (χ1) is 28.1. The topological polar surface area (TPSA) is 190 Å². The zero-order valence-corrected chi connectivity index (χ0v) is 35.2. The van der Waals surface area contributed by atoms with Gasteiger partial charge in [0.1, 0.15) is 42.4 Å². The van der Waals surface area contributed by atoms with Crippen molar-refractivity contribution in [1.29, 1.82) is 0 Å². The summed E-state index contributed by atoms with van der Waals surface area (Å²) in [5, 5.41) is 11.1. The molecule has 7 amide bonds. The number of cyclic esters (lactones) is 1. The maximum Gasteiger partial charge on any atom is 0.329 e. The van der Waals surface area contributed by atoms with E-state index in [1.54, 1.807) is 38.1 Å². The normalized spacial score (nSPS) is 26.1. The molecule has 8 atom stereocenters. The molecule has 0 spiro atoms. The van der Waals surface area contributed by atoms with Gasteiger partial charge in [-0.1, -0.05) is 51.1 Å². The SMILES string of the molecule is CCCN1C(=O)[C@@H]2CCCN2C(=O)[C@@H](NC(=O)[C@H](Cc2ccccc2)NC(=O)Nc2ccc(N(C)C)cc2)[C@H](C)OC(=O)[C@@H]2C[C@@H](C)CN2C(=O)[C@H](C)NC(=O)[C@@H]1CC. The second-order valence-electron chi connectivity index (χ2n) is 16.1. The van der Waals surface area contributed by atoms with Crippen LogP contribution in [0.2, 0.25) is 0 Å². The summed E-state index contributed by atoms with van der Waals surface area (Å²) < 4.78 is 5.98. The summed E-state index contributed by atoms with van der Waals surface area (Å²) in [6.45, 7) is 9.28. The summed E-state index contributed by atoms with van der Waals surface area (Å²) in [4.78, 5) is 105. The van der Waals surface area contributed by atoms with Gasteiger partial charge in [-0.25, -0.2) is 9.59 Å². The highest BCUT2D eigenvalue weighted by molar-refractivity contribution is 5.98. The van der Waals surface area contributed by atoms with E-state index < -0.39 is 83.9 Å². The average Bonchev–Trinajstić information content (AvgIpc) is 3.86. The fourth-order valence-corrected chi connectivity index (χ4v) is 8.19. The molecule has 0 aliphatic carbocycles. The van der Waals surface area contributed by atoms with Crippen molar-refractivity contribution in [1.82, 2.24) is 30.7 Å². The number of amides is 7.